The van der Waals surface area contributed by atoms with Crippen LogP contribution >= 0.6 is 23.2 Å². The van der Waals surface area contributed by atoms with Crippen molar-refractivity contribution >= 4 is 46.5 Å². The van der Waals surface area contributed by atoms with Crippen molar-refractivity contribution in [2.24, 2.45) is 0 Å². The van der Waals surface area contributed by atoms with Gasteiger partial charge in [-0.2, -0.15) is 0 Å². The topological polar surface area (TPSA) is 110 Å². The highest BCUT2D eigenvalue weighted by atomic mass is 35.5. The minimum absolute atomic E-state index is 0.00190. The molecular formula is C18H21Cl2N5O4. The first kappa shape index (κ1) is 22.6. The summed E-state index contributed by atoms with van der Waals surface area (Å²) in [6.07, 6.45) is 1.18. The summed E-state index contributed by atoms with van der Waals surface area (Å²) in [5.41, 5.74) is -0.337. The molecule has 0 spiro atoms. The molecule has 2 rings (SSSR count). The van der Waals surface area contributed by atoms with Crippen LogP contribution in [0.4, 0.5) is 17.3 Å². The molecular weight excluding hydrogens is 421 g/mol. The molecule has 0 aliphatic carbocycles. The van der Waals surface area contributed by atoms with Crippen LogP contribution in [0.25, 0.3) is 0 Å². The Morgan fingerprint density at radius 3 is 2.59 bits per heavy atom. The number of nitro groups is 1. The zero-order valence-corrected chi connectivity index (χ0v) is 17.9. The smallest absolute Gasteiger partial charge is 0.353 e. The fraction of sp³-hybridized carbons (Fsp3) is 0.389. The van der Waals surface area contributed by atoms with Crippen LogP contribution in [0.2, 0.25) is 10.0 Å². The maximum absolute atomic E-state index is 12.1. The Bertz CT molecular complexity index is 918. The second-order valence-electron chi connectivity index (χ2n) is 7.18. The number of anilines is 2. The lowest BCUT2D eigenvalue weighted by Gasteiger charge is -2.23. The Hall–Kier alpha value is -2.65. The van der Waals surface area contributed by atoms with E-state index in [1.54, 1.807) is 39.0 Å². The molecule has 0 fully saturated rings. The van der Waals surface area contributed by atoms with Gasteiger partial charge in [0.15, 0.2) is 0 Å². The number of aromatic nitrogens is 2. The van der Waals surface area contributed by atoms with Gasteiger partial charge >= 0.3 is 11.7 Å². The normalized spacial score (nSPS) is 11.1. The van der Waals surface area contributed by atoms with E-state index in [0.717, 1.165) is 0 Å². The second-order valence-corrected chi connectivity index (χ2v) is 8.03. The van der Waals surface area contributed by atoms with Crippen molar-refractivity contribution in [3.8, 4) is 0 Å². The molecule has 1 heterocycles. The van der Waals surface area contributed by atoms with Crippen molar-refractivity contribution in [2.75, 3.05) is 23.8 Å². The highest BCUT2D eigenvalue weighted by Crippen LogP contribution is 2.32. The van der Waals surface area contributed by atoms with Crippen molar-refractivity contribution in [3.05, 3.63) is 50.2 Å². The maximum Gasteiger partial charge on any atom is 0.353 e. The number of halogens is 2. The Morgan fingerprint density at radius 1 is 1.31 bits per heavy atom. The number of carbonyl (C=O) groups is 1. The highest BCUT2D eigenvalue weighted by molar-refractivity contribution is 6.35. The molecule has 29 heavy (non-hydrogen) atoms. The van der Waals surface area contributed by atoms with Gasteiger partial charge in [0, 0.05) is 23.6 Å². The number of hydrogen-bond donors (Lipinski definition) is 1. The molecule has 9 nitrogen and oxygen atoms in total. The third-order valence-electron chi connectivity index (χ3n) is 3.59. The fourth-order valence-electron chi connectivity index (χ4n) is 2.43. The molecule has 0 bridgehead atoms. The molecule has 1 N–H and O–H groups in total. The van der Waals surface area contributed by atoms with Crippen molar-refractivity contribution in [1.82, 2.24) is 9.97 Å². The predicted octanol–water partition coefficient (Wildman–Crippen LogP) is 4.08. The number of carbonyl (C=O) groups excluding carboxylic acids is 1. The van der Waals surface area contributed by atoms with Crippen molar-refractivity contribution in [3.63, 3.8) is 0 Å². The Balaban J connectivity index is 2.24. The number of ether oxygens (including phenoxy) is 1. The van der Waals surface area contributed by atoms with Gasteiger partial charge < -0.3 is 15.0 Å². The molecule has 0 radical (unpaired) electrons. The summed E-state index contributed by atoms with van der Waals surface area (Å²) >= 11 is 12.0. The Kier molecular flexibility index (Phi) is 7.21. The van der Waals surface area contributed by atoms with Crippen LogP contribution in [0.5, 0.6) is 0 Å². The summed E-state index contributed by atoms with van der Waals surface area (Å²) in [4.78, 5) is 32.4. The molecule has 0 aliphatic heterocycles. The first-order valence-electron chi connectivity index (χ1n) is 8.58. The summed E-state index contributed by atoms with van der Waals surface area (Å²) < 4.78 is 5.25. The van der Waals surface area contributed by atoms with Crippen LogP contribution in [0.1, 0.15) is 26.3 Å². The third-order valence-corrected chi connectivity index (χ3v) is 4.18. The monoisotopic (exact) mass is 441 g/mol. The van der Waals surface area contributed by atoms with E-state index in [-0.39, 0.29) is 30.4 Å². The van der Waals surface area contributed by atoms with E-state index in [0.29, 0.717) is 15.6 Å². The van der Waals surface area contributed by atoms with Crippen LogP contribution in [-0.4, -0.2) is 40.1 Å². The zero-order valence-electron chi connectivity index (χ0n) is 16.4. The van der Waals surface area contributed by atoms with Crippen LogP contribution in [0.15, 0.2) is 24.5 Å². The van der Waals surface area contributed by atoms with E-state index < -0.39 is 16.5 Å². The minimum Gasteiger partial charge on any atom is -0.459 e. The molecule has 11 heteroatoms. The quantitative estimate of drug-likeness (QED) is 0.388. The summed E-state index contributed by atoms with van der Waals surface area (Å²) in [6.45, 7) is 5.19. The summed E-state index contributed by atoms with van der Waals surface area (Å²) in [5.74, 6) is -0.544. The number of esters is 1. The molecule has 0 saturated carbocycles. The van der Waals surface area contributed by atoms with Crippen molar-refractivity contribution in [1.29, 1.82) is 0 Å². The molecule has 0 saturated heterocycles. The molecule has 0 atom stereocenters. The van der Waals surface area contributed by atoms with Gasteiger partial charge in [-0.05, 0) is 38.5 Å². The number of hydrogen-bond acceptors (Lipinski definition) is 8. The minimum atomic E-state index is -0.667. The molecule has 0 unspecified atom stereocenters. The molecule has 0 amide bonds. The van der Waals surface area contributed by atoms with E-state index in [4.69, 9.17) is 27.9 Å². The van der Waals surface area contributed by atoms with Gasteiger partial charge in [-0.15, -0.1) is 0 Å². The summed E-state index contributed by atoms with van der Waals surface area (Å²) in [5, 5.41) is 15.5. The average Bonchev–Trinajstić information content (AvgIpc) is 2.58. The van der Waals surface area contributed by atoms with E-state index in [1.165, 1.54) is 18.3 Å². The fourth-order valence-corrected chi connectivity index (χ4v) is 2.91. The largest absolute Gasteiger partial charge is 0.459 e. The third kappa shape index (κ3) is 6.43. The van der Waals surface area contributed by atoms with Crippen LogP contribution in [0, 0.1) is 10.1 Å². The summed E-state index contributed by atoms with van der Waals surface area (Å²) in [7, 11) is 1.51. The van der Waals surface area contributed by atoms with Gasteiger partial charge in [0.05, 0.1) is 4.92 Å². The molecule has 0 aliphatic rings. The average molecular weight is 442 g/mol. The van der Waals surface area contributed by atoms with E-state index in [1.807, 2.05) is 0 Å². The number of benzene rings is 1. The SMILES string of the molecule is CN(CC(=O)OC(C)(C)C)c1ncnc(NCc2ccc(Cl)cc2Cl)c1[N+](=O)[O-]. The first-order chi connectivity index (χ1) is 13.5. The van der Waals surface area contributed by atoms with Gasteiger partial charge in [-0.1, -0.05) is 29.3 Å². The number of nitrogens with one attached hydrogen (secondary N) is 1. The molecule has 156 valence electrons. The lowest BCUT2D eigenvalue weighted by atomic mass is 10.2. The van der Waals surface area contributed by atoms with E-state index in [2.05, 4.69) is 15.3 Å². The second kappa shape index (κ2) is 9.23. The predicted molar refractivity (Wildman–Crippen MR) is 112 cm³/mol. The Labute approximate surface area is 178 Å². The van der Waals surface area contributed by atoms with Gasteiger partial charge in [0.25, 0.3) is 0 Å². The standard InChI is InChI=1S/C18H21Cl2N5O4/c1-18(2,3)29-14(26)9-24(4)17-15(25(27)28)16(22-10-23-17)21-8-11-5-6-12(19)7-13(11)20/h5-7,10H,8-9H2,1-4H3,(H,21,22,23). The Morgan fingerprint density at radius 2 is 2.00 bits per heavy atom. The van der Waals surface area contributed by atoms with Crippen LogP contribution in [0.3, 0.4) is 0 Å². The van der Waals surface area contributed by atoms with Crippen LogP contribution < -0.4 is 10.2 Å². The van der Waals surface area contributed by atoms with Crippen LogP contribution in [-0.2, 0) is 16.1 Å². The molecule has 1 aromatic carbocycles. The van der Waals surface area contributed by atoms with Gasteiger partial charge in [-0.25, -0.2) is 9.97 Å². The lowest BCUT2D eigenvalue weighted by molar-refractivity contribution is -0.383. The highest BCUT2D eigenvalue weighted by Gasteiger charge is 2.27. The maximum atomic E-state index is 12.1. The van der Waals surface area contributed by atoms with Gasteiger partial charge in [0.1, 0.15) is 18.5 Å². The van der Waals surface area contributed by atoms with Gasteiger partial charge in [0.2, 0.25) is 11.6 Å². The summed E-state index contributed by atoms with van der Waals surface area (Å²) in [6, 6.07) is 4.95. The van der Waals surface area contributed by atoms with E-state index >= 15 is 0 Å². The zero-order chi connectivity index (χ0) is 21.8. The first-order valence-corrected chi connectivity index (χ1v) is 9.33. The number of likely N-dealkylation sites (N-methyl/N-ethyl adjacent to an activating group) is 1. The van der Waals surface area contributed by atoms with E-state index in [9.17, 15) is 14.9 Å². The van der Waals surface area contributed by atoms with Crippen molar-refractivity contribution < 1.29 is 14.5 Å². The van der Waals surface area contributed by atoms with Gasteiger partial charge in [-0.3, -0.25) is 14.9 Å². The number of rotatable bonds is 7. The molecule has 1 aromatic heterocycles. The number of nitrogens with zero attached hydrogens (tertiary/aromatic N) is 4. The van der Waals surface area contributed by atoms with Crippen molar-refractivity contribution in [2.45, 2.75) is 32.9 Å². The lowest BCUT2D eigenvalue weighted by Crippen LogP contribution is -2.33. The molecule has 2 aromatic rings.